The van der Waals surface area contributed by atoms with Crippen LogP contribution in [-0.2, 0) is 4.74 Å². The molecule has 0 bridgehead atoms. The zero-order valence-electron chi connectivity index (χ0n) is 9.40. The molecule has 1 aromatic rings. The number of rotatable bonds is 6. The summed E-state index contributed by atoms with van der Waals surface area (Å²) in [6.45, 7) is 8.22. The van der Waals surface area contributed by atoms with Crippen LogP contribution >= 0.6 is 11.8 Å². The van der Waals surface area contributed by atoms with E-state index in [1.54, 1.807) is 18.0 Å². The van der Waals surface area contributed by atoms with Crippen molar-refractivity contribution in [3.63, 3.8) is 0 Å². The van der Waals surface area contributed by atoms with Crippen molar-refractivity contribution in [1.82, 2.24) is 4.57 Å². The second kappa shape index (κ2) is 5.88. The highest BCUT2D eigenvalue weighted by Crippen LogP contribution is 2.29. The van der Waals surface area contributed by atoms with Crippen LogP contribution in [0.2, 0.25) is 0 Å². The number of ether oxygens (including phenoxy) is 2. The standard InChI is InChI=1S/C11H17NO2S/c1-5-12-8-7-10(11(12)15-4)14-9(3)13-6-2/h5,7-9H,1,6H2,2-4H3. The van der Waals surface area contributed by atoms with Crippen molar-refractivity contribution in [2.75, 3.05) is 12.9 Å². The Hall–Kier alpha value is -0.870. The van der Waals surface area contributed by atoms with Crippen LogP contribution in [0.4, 0.5) is 0 Å². The predicted molar refractivity (Wildman–Crippen MR) is 64.3 cm³/mol. The van der Waals surface area contributed by atoms with Gasteiger partial charge >= 0.3 is 0 Å². The molecule has 0 amide bonds. The maximum absolute atomic E-state index is 5.65. The van der Waals surface area contributed by atoms with Gasteiger partial charge in [-0.25, -0.2) is 0 Å². The second-order valence-electron chi connectivity index (χ2n) is 2.92. The SMILES string of the molecule is C=Cn1ccc(OC(C)OCC)c1SC. The lowest BCUT2D eigenvalue weighted by atomic mass is 10.6. The predicted octanol–water partition coefficient (Wildman–Crippen LogP) is 3.07. The molecule has 0 aliphatic heterocycles. The molecule has 0 N–H and O–H groups in total. The Morgan fingerprint density at radius 1 is 1.67 bits per heavy atom. The van der Waals surface area contributed by atoms with Crippen molar-refractivity contribution in [2.24, 2.45) is 0 Å². The summed E-state index contributed by atoms with van der Waals surface area (Å²) >= 11 is 1.62. The molecule has 0 saturated carbocycles. The molecular weight excluding hydrogens is 210 g/mol. The molecular formula is C11H17NO2S. The van der Waals surface area contributed by atoms with Crippen LogP contribution in [0.25, 0.3) is 6.20 Å². The number of thioether (sulfide) groups is 1. The first-order valence-corrected chi connectivity index (χ1v) is 6.11. The smallest absolute Gasteiger partial charge is 0.197 e. The third-order valence-corrected chi connectivity index (χ3v) is 2.71. The Morgan fingerprint density at radius 3 is 2.93 bits per heavy atom. The lowest BCUT2D eigenvalue weighted by Crippen LogP contribution is -2.16. The number of aromatic nitrogens is 1. The maximum atomic E-state index is 5.65. The van der Waals surface area contributed by atoms with E-state index in [9.17, 15) is 0 Å². The molecule has 0 fully saturated rings. The van der Waals surface area contributed by atoms with E-state index in [0.29, 0.717) is 6.61 Å². The lowest BCUT2D eigenvalue weighted by Gasteiger charge is -2.14. The maximum Gasteiger partial charge on any atom is 0.197 e. The fourth-order valence-corrected chi connectivity index (χ4v) is 1.96. The van der Waals surface area contributed by atoms with E-state index in [-0.39, 0.29) is 6.29 Å². The van der Waals surface area contributed by atoms with Gasteiger partial charge in [-0.2, -0.15) is 0 Å². The summed E-state index contributed by atoms with van der Waals surface area (Å²) in [5, 5.41) is 1.04. The Labute approximate surface area is 95.1 Å². The molecule has 4 heteroatoms. The van der Waals surface area contributed by atoms with Crippen LogP contribution in [0.3, 0.4) is 0 Å². The molecule has 0 aliphatic rings. The number of nitrogens with zero attached hydrogens (tertiary/aromatic N) is 1. The molecule has 3 nitrogen and oxygen atoms in total. The fourth-order valence-electron chi connectivity index (χ4n) is 1.30. The van der Waals surface area contributed by atoms with Gasteiger partial charge in [0.2, 0.25) is 0 Å². The van der Waals surface area contributed by atoms with Gasteiger partial charge in [-0.1, -0.05) is 6.58 Å². The van der Waals surface area contributed by atoms with Crippen molar-refractivity contribution in [1.29, 1.82) is 0 Å². The van der Waals surface area contributed by atoms with Gasteiger partial charge in [0.05, 0.1) is 0 Å². The van der Waals surface area contributed by atoms with E-state index in [0.717, 1.165) is 10.8 Å². The summed E-state index contributed by atoms with van der Waals surface area (Å²) in [6.07, 6.45) is 5.46. The summed E-state index contributed by atoms with van der Waals surface area (Å²) in [5.74, 6) is 0.836. The van der Waals surface area contributed by atoms with Crippen molar-refractivity contribution in [2.45, 2.75) is 25.2 Å². The summed E-state index contributed by atoms with van der Waals surface area (Å²) < 4.78 is 12.9. The second-order valence-corrected chi connectivity index (χ2v) is 3.71. The summed E-state index contributed by atoms with van der Waals surface area (Å²) in [7, 11) is 0. The molecule has 1 rings (SSSR count). The average Bonchev–Trinajstić information content (AvgIpc) is 2.60. The zero-order valence-corrected chi connectivity index (χ0v) is 10.2. The Balaban J connectivity index is 2.76. The Bertz CT molecular complexity index is 322. The first-order valence-electron chi connectivity index (χ1n) is 4.88. The molecule has 1 aromatic heterocycles. The van der Waals surface area contributed by atoms with Crippen LogP contribution in [0, 0.1) is 0 Å². The molecule has 1 unspecified atom stereocenters. The van der Waals surface area contributed by atoms with E-state index in [1.165, 1.54) is 0 Å². The summed E-state index contributed by atoms with van der Waals surface area (Å²) in [6, 6.07) is 1.92. The van der Waals surface area contributed by atoms with Gasteiger partial charge in [-0.15, -0.1) is 11.8 Å². The highest BCUT2D eigenvalue weighted by atomic mass is 32.2. The van der Waals surface area contributed by atoms with Gasteiger partial charge in [0.15, 0.2) is 12.0 Å². The molecule has 0 aromatic carbocycles. The number of hydrogen-bond donors (Lipinski definition) is 0. The summed E-state index contributed by atoms with van der Waals surface area (Å²) in [4.78, 5) is 0. The van der Waals surface area contributed by atoms with Crippen molar-refractivity contribution in [3.8, 4) is 5.75 Å². The third kappa shape index (κ3) is 3.04. The molecule has 0 radical (unpaired) electrons. The van der Waals surface area contributed by atoms with Gasteiger partial charge in [-0.3, -0.25) is 0 Å². The van der Waals surface area contributed by atoms with Crippen molar-refractivity contribution < 1.29 is 9.47 Å². The normalized spacial score (nSPS) is 12.5. The average molecular weight is 227 g/mol. The Kier molecular flexibility index (Phi) is 4.78. The highest BCUT2D eigenvalue weighted by molar-refractivity contribution is 7.98. The van der Waals surface area contributed by atoms with Crippen LogP contribution < -0.4 is 4.74 Å². The molecule has 15 heavy (non-hydrogen) atoms. The van der Waals surface area contributed by atoms with E-state index < -0.39 is 0 Å². The van der Waals surface area contributed by atoms with Crippen LogP contribution in [-0.4, -0.2) is 23.7 Å². The van der Waals surface area contributed by atoms with Gasteiger partial charge in [0.25, 0.3) is 0 Å². The van der Waals surface area contributed by atoms with Crippen LogP contribution in [0.5, 0.6) is 5.75 Å². The minimum absolute atomic E-state index is 0.221. The third-order valence-electron chi connectivity index (χ3n) is 1.92. The molecule has 1 heterocycles. The van der Waals surface area contributed by atoms with Crippen LogP contribution in [0.1, 0.15) is 13.8 Å². The lowest BCUT2D eigenvalue weighted by molar-refractivity contribution is -0.0627. The minimum atomic E-state index is -0.221. The van der Waals surface area contributed by atoms with Gasteiger partial charge in [0, 0.05) is 19.0 Å². The monoisotopic (exact) mass is 227 g/mol. The molecule has 1 atom stereocenters. The zero-order chi connectivity index (χ0) is 11.3. The largest absolute Gasteiger partial charge is 0.462 e. The minimum Gasteiger partial charge on any atom is -0.462 e. The van der Waals surface area contributed by atoms with E-state index in [1.807, 2.05) is 36.9 Å². The van der Waals surface area contributed by atoms with Crippen molar-refractivity contribution in [3.05, 3.63) is 18.8 Å². The molecule has 0 saturated heterocycles. The highest BCUT2D eigenvalue weighted by Gasteiger charge is 2.11. The van der Waals surface area contributed by atoms with Gasteiger partial charge in [-0.05, 0) is 26.2 Å². The molecule has 0 spiro atoms. The van der Waals surface area contributed by atoms with Crippen LogP contribution in [0.15, 0.2) is 23.9 Å². The van der Waals surface area contributed by atoms with Gasteiger partial charge in [0.1, 0.15) is 5.03 Å². The van der Waals surface area contributed by atoms with E-state index in [2.05, 4.69) is 6.58 Å². The molecule has 0 aliphatic carbocycles. The van der Waals surface area contributed by atoms with E-state index in [4.69, 9.17) is 9.47 Å². The number of hydrogen-bond acceptors (Lipinski definition) is 3. The summed E-state index contributed by atoms with van der Waals surface area (Å²) in [5.41, 5.74) is 0. The first-order chi connectivity index (χ1) is 7.22. The quantitative estimate of drug-likeness (QED) is 0.551. The fraction of sp³-hybridized carbons (Fsp3) is 0.455. The van der Waals surface area contributed by atoms with Gasteiger partial charge < -0.3 is 14.0 Å². The molecule has 84 valence electrons. The van der Waals surface area contributed by atoms with E-state index >= 15 is 0 Å². The first kappa shape index (κ1) is 12.2. The topological polar surface area (TPSA) is 23.4 Å². The van der Waals surface area contributed by atoms with Crippen molar-refractivity contribution >= 4 is 18.0 Å². The Morgan fingerprint density at radius 2 is 2.40 bits per heavy atom.